The number of amides is 1. The smallest absolute Gasteiger partial charge is 0.255 e. The second kappa shape index (κ2) is 10.8. The Labute approximate surface area is 226 Å². The lowest BCUT2D eigenvalue weighted by molar-refractivity contribution is -0.113. The van der Waals surface area contributed by atoms with Crippen molar-refractivity contribution in [3.8, 4) is 34.4 Å². The van der Waals surface area contributed by atoms with E-state index < -0.39 is 6.04 Å². The van der Waals surface area contributed by atoms with Crippen LogP contribution in [0, 0.1) is 0 Å². The Balaban J connectivity index is 1.66. The van der Waals surface area contributed by atoms with E-state index in [-0.39, 0.29) is 5.91 Å². The molecule has 1 aliphatic heterocycles. The molecule has 0 aliphatic carbocycles. The van der Waals surface area contributed by atoms with E-state index in [4.69, 9.17) is 29.0 Å². The molecule has 0 bridgehead atoms. The summed E-state index contributed by atoms with van der Waals surface area (Å²) < 4.78 is 23.9. The number of nitrogens with zero attached hydrogens (tertiary/aromatic N) is 3. The van der Waals surface area contributed by atoms with Crippen molar-refractivity contribution in [2.45, 2.75) is 13.0 Å². The zero-order chi connectivity index (χ0) is 27.5. The molecule has 1 atom stereocenters. The first kappa shape index (κ1) is 25.7. The minimum atomic E-state index is -0.687. The Morgan fingerprint density at radius 2 is 1.64 bits per heavy atom. The van der Waals surface area contributed by atoms with Gasteiger partial charge in [0.15, 0.2) is 17.3 Å². The number of nitrogens with one attached hydrogen (secondary N) is 2. The van der Waals surface area contributed by atoms with E-state index in [9.17, 15) is 4.79 Å². The van der Waals surface area contributed by atoms with Crippen LogP contribution >= 0.6 is 0 Å². The van der Waals surface area contributed by atoms with Gasteiger partial charge in [0.2, 0.25) is 5.95 Å². The van der Waals surface area contributed by atoms with Gasteiger partial charge in [-0.2, -0.15) is 4.98 Å². The first-order valence-electron chi connectivity index (χ1n) is 12.2. The molecule has 1 amide bonds. The lowest BCUT2D eigenvalue weighted by Gasteiger charge is -2.30. The highest BCUT2D eigenvalue weighted by Gasteiger charge is 2.37. The molecule has 10 nitrogen and oxygen atoms in total. The molecule has 39 heavy (non-hydrogen) atoms. The standard InChI is InChI=1S/C29H29N5O5/c1-17-24(28(35)31-21-13-6-7-14-22(21)37-3)25(20-12-9-15-23(38-4)26(20)39-5)34-29(30-17)32-27(33-34)18-10-8-11-19(16-18)36-2/h6-16,25H,1-5H3,(H,31,35)(H,30,32,33). The summed E-state index contributed by atoms with van der Waals surface area (Å²) in [6.07, 6.45) is 0. The number of allylic oxidation sites excluding steroid dienone is 1. The normalized spacial score (nSPS) is 14.2. The fourth-order valence-electron chi connectivity index (χ4n) is 4.68. The summed E-state index contributed by atoms with van der Waals surface area (Å²) >= 11 is 0. The highest BCUT2D eigenvalue weighted by atomic mass is 16.5. The van der Waals surface area contributed by atoms with Gasteiger partial charge in [-0.3, -0.25) is 4.79 Å². The maximum absolute atomic E-state index is 13.9. The van der Waals surface area contributed by atoms with Crippen molar-refractivity contribution in [2.24, 2.45) is 0 Å². The van der Waals surface area contributed by atoms with Crippen molar-refractivity contribution in [1.29, 1.82) is 0 Å². The second-order valence-corrected chi connectivity index (χ2v) is 8.74. The SMILES string of the molecule is COc1cccc(-c2nc3n(n2)C(c2cccc(OC)c2OC)C(C(=O)Nc2ccccc2OC)=C(C)N3)c1. The average Bonchev–Trinajstić information content (AvgIpc) is 3.39. The fourth-order valence-corrected chi connectivity index (χ4v) is 4.68. The van der Waals surface area contributed by atoms with Crippen molar-refractivity contribution in [1.82, 2.24) is 14.8 Å². The van der Waals surface area contributed by atoms with Crippen LogP contribution in [0.5, 0.6) is 23.0 Å². The zero-order valence-corrected chi connectivity index (χ0v) is 22.3. The molecule has 10 heteroatoms. The molecule has 0 radical (unpaired) electrons. The first-order chi connectivity index (χ1) is 19.0. The number of methoxy groups -OCH3 is 4. The predicted molar refractivity (Wildman–Crippen MR) is 148 cm³/mol. The predicted octanol–water partition coefficient (Wildman–Crippen LogP) is 4.91. The number of carbonyl (C=O) groups is 1. The van der Waals surface area contributed by atoms with Crippen LogP contribution in [0.4, 0.5) is 11.6 Å². The molecule has 2 heterocycles. The van der Waals surface area contributed by atoms with Gasteiger partial charge in [-0.15, -0.1) is 5.10 Å². The molecule has 0 saturated carbocycles. The minimum Gasteiger partial charge on any atom is -0.497 e. The molecule has 0 spiro atoms. The van der Waals surface area contributed by atoms with Gasteiger partial charge in [-0.25, -0.2) is 4.68 Å². The molecule has 0 fully saturated rings. The summed E-state index contributed by atoms with van der Waals surface area (Å²) in [5.74, 6) is 2.88. The molecule has 5 rings (SSSR count). The van der Waals surface area contributed by atoms with Gasteiger partial charge in [0, 0.05) is 16.8 Å². The second-order valence-electron chi connectivity index (χ2n) is 8.74. The number of anilines is 2. The quantitative estimate of drug-likeness (QED) is 0.333. The van der Waals surface area contributed by atoms with Crippen molar-refractivity contribution in [3.05, 3.63) is 83.6 Å². The van der Waals surface area contributed by atoms with E-state index in [1.54, 1.807) is 51.3 Å². The Kier molecular flexibility index (Phi) is 7.09. The molecule has 0 saturated heterocycles. The first-order valence-corrected chi connectivity index (χ1v) is 12.2. The topological polar surface area (TPSA) is 109 Å². The minimum absolute atomic E-state index is 0.330. The van der Waals surface area contributed by atoms with Crippen LogP contribution in [-0.2, 0) is 4.79 Å². The third-order valence-corrected chi connectivity index (χ3v) is 6.51. The maximum atomic E-state index is 13.9. The summed E-state index contributed by atoms with van der Waals surface area (Å²) in [6, 6.07) is 19.6. The zero-order valence-electron chi connectivity index (χ0n) is 22.3. The third kappa shape index (κ3) is 4.72. The fraction of sp³-hybridized carbons (Fsp3) is 0.207. The molecular formula is C29H29N5O5. The average molecular weight is 528 g/mol. The molecule has 2 N–H and O–H groups in total. The lowest BCUT2D eigenvalue weighted by Crippen LogP contribution is -2.32. The van der Waals surface area contributed by atoms with Gasteiger partial charge < -0.3 is 29.6 Å². The van der Waals surface area contributed by atoms with E-state index in [0.29, 0.717) is 57.3 Å². The highest BCUT2D eigenvalue weighted by Crippen LogP contribution is 2.43. The van der Waals surface area contributed by atoms with Crippen molar-refractivity contribution in [3.63, 3.8) is 0 Å². The van der Waals surface area contributed by atoms with Gasteiger partial charge in [-0.1, -0.05) is 36.4 Å². The molecule has 1 aliphatic rings. The van der Waals surface area contributed by atoms with Gasteiger partial charge in [-0.05, 0) is 37.3 Å². The van der Waals surface area contributed by atoms with E-state index >= 15 is 0 Å². The number of ether oxygens (including phenoxy) is 4. The van der Waals surface area contributed by atoms with Crippen molar-refractivity contribution < 1.29 is 23.7 Å². The van der Waals surface area contributed by atoms with Crippen LogP contribution in [0.1, 0.15) is 18.5 Å². The monoisotopic (exact) mass is 527 g/mol. The molecule has 4 aromatic rings. The van der Waals surface area contributed by atoms with E-state index in [1.807, 2.05) is 55.5 Å². The number of para-hydroxylation sites is 3. The largest absolute Gasteiger partial charge is 0.497 e. The van der Waals surface area contributed by atoms with Crippen LogP contribution < -0.4 is 29.6 Å². The molecular weight excluding hydrogens is 498 g/mol. The van der Waals surface area contributed by atoms with Crippen LogP contribution in [0.25, 0.3) is 11.4 Å². The van der Waals surface area contributed by atoms with Crippen molar-refractivity contribution in [2.75, 3.05) is 39.1 Å². The highest BCUT2D eigenvalue weighted by molar-refractivity contribution is 6.06. The van der Waals surface area contributed by atoms with Gasteiger partial charge in [0.05, 0.1) is 39.7 Å². The number of aromatic nitrogens is 3. The summed E-state index contributed by atoms with van der Waals surface area (Å²) in [7, 11) is 6.31. The number of fused-ring (bicyclic) bond motifs is 1. The summed E-state index contributed by atoms with van der Waals surface area (Å²) in [6.45, 7) is 1.83. The van der Waals surface area contributed by atoms with E-state index in [0.717, 1.165) is 5.56 Å². The number of benzene rings is 3. The Hall–Kier alpha value is -4.99. The number of carbonyl (C=O) groups excluding carboxylic acids is 1. The summed E-state index contributed by atoms with van der Waals surface area (Å²) in [5, 5.41) is 11.1. The molecule has 200 valence electrons. The van der Waals surface area contributed by atoms with E-state index in [1.165, 1.54) is 0 Å². The van der Waals surface area contributed by atoms with Crippen LogP contribution in [0.15, 0.2) is 78.0 Å². The lowest BCUT2D eigenvalue weighted by atomic mass is 9.94. The van der Waals surface area contributed by atoms with E-state index in [2.05, 4.69) is 10.6 Å². The molecule has 1 unspecified atom stereocenters. The summed E-state index contributed by atoms with van der Waals surface area (Å²) in [4.78, 5) is 18.7. The van der Waals surface area contributed by atoms with Crippen LogP contribution in [-0.4, -0.2) is 49.1 Å². The number of hydrogen-bond donors (Lipinski definition) is 2. The van der Waals surface area contributed by atoms with Crippen LogP contribution in [0.2, 0.25) is 0 Å². The van der Waals surface area contributed by atoms with Crippen molar-refractivity contribution >= 4 is 17.5 Å². The number of hydrogen-bond acceptors (Lipinski definition) is 8. The van der Waals surface area contributed by atoms with Crippen LogP contribution in [0.3, 0.4) is 0 Å². The Morgan fingerprint density at radius 3 is 2.38 bits per heavy atom. The molecule has 1 aromatic heterocycles. The third-order valence-electron chi connectivity index (χ3n) is 6.51. The Morgan fingerprint density at radius 1 is 0.897 bits per heavy atom. The maximum Gasteiger partial charge on any atom is 0.255 e. The van der Waals surface area contributed by atoms with Gasteiger partial charge in [0.25, 0.3) is 5.91 Å². The molecule has 3 aromatic carbocycles. The van der Waals surface area contributed by atoms with Gasteiger partial charge >= 0.3 is 0 Å². The number of rotatable bonds is 8. The van der Waals surface area contributed by atoms with Gasteiger partial charge in [0.1, 0.15) is 17.5 Å². The Bertz CT molecular complexity index is 1560. The summed E-state index contributed by atoms with van der Waals surface area (Å²) in [5.41, 5.74) is 3.05.